The van der Waals surface area contributed by atoms with Gasteiger partial charge in [0.15, 0.2) is 12.8 Å². The Morgan fingerprint density at radius 3 is 1.81 bits per heavy atom. The van der Waals surface area contributed by atoms with E-state index in [2.05, 4.69) is 52.4 Å². The summed E-state index contributed by atoms with van der Waals surface area (Å²) in [5.74, 6) is 0. The molecule has 0 aliphatic carbocycles. The summed E-state index contributed by atoms with van der Waals surface area (Å²) in [6.45, 7) is 0. The summed E-state index contributed by atoms with van der Waals surface area (Å²) in [6.07, 6.45) is 9.99. The van der Waals surface area contributed by atoms with E-state index < -0.39 is 0 Å². The van der Waals surface area contributed by atoms with E-state index in [9.17, 15) is 0 Å². The minimum absolute atomic E-state index is 0.819. The van der Waals surface area contributed by atoms with Crippen LogP contribution < -0.4 is 0 Å². The molecule has 6 aromatic heterocycles. The van der Waals surface area contributed by atoms with Gasteiger partial charge < -0.3 is 8.83 Å². The fourth-order valence-corrected chi connectivity index (χ4v) is 7.11. The molecular weight excluding hydrogens is 488 g/mol. The second-order valence-electron chi connectivity index (χ2n) is 8.45. The zero-order valence-electron chi connectivity index (χ0n) is 18.5. The number of pyridine rings is 2. The van der Waals surface area contributed by atoms with Gasteiger partial charge in [-0.25, -0.2) is 9.97 Å². The topological polar surface area (TPSA) is 77.8 Å². The molecule has 8 rings (SSSR count). The first-order valence-corrected chi connectivity index (χ1v) is 12.9. The van der Waals surface area contributed by atoms with Crippen molar-refractivity contribution < 1.29 is 8.83 Å². The maximum Gasteiger partial charge on any atom is 0.181 e. The van der Waals surface area contributed by atoms with Crippen LogP contribution in [0.15, 0.2) is 95.1 Å². The first-order valence-electron chi connectivity index (χ1n) is 11.2. The molecule has 0 saturated carbocycles. The van der Waals surface area contributed by atoms with Crippen LogP contribution in [0.4, 0.5) is 0 Å². The highest BCUT2D eigenvalue weighted by molar-refractivity contribution is 7.26. The van der Waals surface area contributed by atoms with Gasteiger partial charge in [-0.2, -0.15) is 0 Å². The Morgan fingerprint density at radius 2 is 1.14 bits per heavy atom. The Bertz CT molecular complexity index is 2050. The number of benzene rings is 2. The van der Waals surface area contributed by atoms with Crippen molar-refractivity contribution in [3.63, 3.8) is 0 Å². The van der Waals surface area contributed by atoms with Gasteiger partial charge in [-0.15, -0.1) is 22.7 Å². The highest BCUT2D eigenvalue weighted by Crippen LogP contribution is 2.43. The van der Waals surface area contributed by atoms with E-state index >= 15 is 0 Å². The van der Waals surface area contributed by atoms with E-state index in [0.29, 0.717) is 0 Å². The van der Waals surface area contributed by atoms with Gasteiger partial charge in [0.2, 0.25) is 0 Å². The summed E-state index contributed by atoms with van der Waals surface area (Å²) in [4.78, 5) is 18.1. The van der Waals surface area contributed by atoms with E-state index in [1.807, 2.05) is 18.5 Å². The van der Waals surface area contributed by atoms with E-state index in [-0.39, 0.29) is 0 Å². The fraction of sp³-hybridized carbons (Fsp3) is 0. The molecule has 0 aliphatic rings. The van der Waals surface area contributed by atoms with Crippen LogP contribution in [0.3, 0.4) is 0 Å². The normalized spacial score (nSPS) is 11.9. The van der Waals surface area contributed by atoms with Gasteiger partial charge in [-0.1, -0.05) is 12.1 Å². The Balaban J connectivity index is 1.33. The van der Waals surface area contributed by atoms with Gasteiger partial charge in [-0.05, 0) is 42.0 Å². The summed E-state index contributed by atoms with van der Waals surface area (Å²) in [6, 6.07) is 17.1. The molecule has 0 amide bonds. The Kier molecular flexibility index (Phi) is 4.16. The molecule has 0 bridgehead atoms. The molecular formula is C28H14N4O2S2. The molecule has 36 heavy (non-hydrogen) atoms. The summed E-state index contributed by atoms with van der Waals surface area (Å²) in [5.41, 5.74) is 7.99. The van der Waals surface area contributed by atoms with Crippen LogP contribution in [0.2, 0.25) is 0 Å². The van der Waals surface area contributed by atoms with Gasteiger partial charge in [0.25, 0.3) is 0 Å². The molecule has 0 aliphatic heterocycles. The second-order valence-corrected chi connectivity index (χ2v) is 10.6. The predicted molar refractivity (Wildman–Crippen MR) is 144 cm³/mol. The van der Waals surface area contributed by atoms with E-state index in [4.69, 9.17) is 18.8 Å². The van der Waals surface area contributed by atoms with Gasteiger partial charge in [0, 0.05) is 49.3 Å². The fourth-order valence-electron chi connectivity index (χ4n) is 4.77. The lowest BCUT2D eigenvalue weighted by molar-refractivity contribution is 0.558. The van der Waals surface area contributed by atoms with Crippen molar-refractivity contribution in [3.8, 4) is 33.6 Å². The average molecular weight is 503 g/mol. The van der Waals surface area contributed by atoms with E-state index in [0.717, 1.165) is 60.1 Å². The molecule has 6 heterocycles. The van der Waals surface area contributed by atoms with Crippen LogP contribution in [-0.4, -0.2) is 19.9 Å². The molecule has 6 nitrogen and oxygen atoms in total. The number of rotatable bonds is 3. The maximum absolute atomic E-state index is 5.22. The number of fused-ring (bicyclic) bond motifs is 6. The van der Waals surface area contributed by atoms with Crippen molar-refractivity contribution in [1.29, 1.82) is 0 Å². The Morgan fingerprint density at radius 1 is 0.556 bits per heavy atom. The smallest absolute Gasteiger partial charge is 0.181 e. The zero-order chi connectivity index (χ0) is 23.6. The van der Waals surface area contributed by atoms with Gasteiger partial charge in [0.05, 0.1) is 20.4 Å². The van der Waals surface area contributed by atoms with Crippen molar-refractivity contribution in [2.75, 3.05) is 0 Å². The number of nitrogens with zero attached hydrogens (tertiary/aromatic N) is 4. The third-order valence-electron chi connectivity index (χ3n) is 6.45. The standard InChI is InChI=1S/C28H14N4O2S2/c1-3-23-19(26-28(36-23)18(6-8-30-26)22-12-34-14-32-22)9-15(1)17-5-7-29-25-20-10-16(21-11-33-13-31-21)2-4-24(20)35-27(17)25/h1-14H. The van der Waals surface area contributed by atoms with Gasteiger partial charge in [0.1, 0.15) is 23.9 Å². The minimum atomic E-state index is 0.819. The zero-order valence-corrected chi connectivity index (χ0v) is 20.1. The minimum Gasteiger partial charge on any atom is -0.451 e. The van der Waals surface area contributed by atoms with Crippen LogP contribution in [0, 0.1) is 0 Å². The molecule has 2 aromatic carbocycles. The summed E-state index contributed by atoms with van der Waals surface area (Å²) in [7, 11) is 0. The van der Waals surface area contributed by atoms with Crippen molar-refractivity contribution >= 4 is 63.3 Å². The van der Waals surface area contributed by atoms with Crippen molar-refractivity contribution in [1.82, 2.24) is 19.9 Å². The maximum atomic E-state index is 5.22. The number of oxazole rings is 2. The van der Waals surface area contributed by atoms with E-state index in [1.165, 1.54) is 26.9 Å². The van der Waals surface area contributed by atoms with Crippen LogP contribution in [0.25, 0.3) is 74.2 Å². The van der Waals surface area contributed by atoms with Crippen molar-refractivity contribution in [2.24, 2.45) is 0 Å². The molecule has 0 atom stereocenters. The summed E-state index contributed by atoms with van der Waals surface area (Å²) < 4.78 is 15.1. The van der Waals surface area contributed by atoms with Crippen molar-refractivity contribution in [2.45, 2.75) is 0 Å². The highest BCUT2D eigenvalue weighted by atomic mass is 32.1. The molecule has 170 valence electrons. The monoisotopic (exact) mass is 502 g/mol. The van der Waals surface area contributed by atoms with Crippen LogP contribution >= 0.6 is 22.7 Å². The molecule has 0 radical (unpaired) electrons. The van der Waals surface area contributed by atoms with E-state index in [1.54, 1.807) is 35.2 Å². The van der Waals surface area contributed by atoms with Crippen molar-refractivity contribution in [3.05, 3.63) is 86.2 Å². The lowest BCUT2D eigenvalue weighted by Gasteiger charge is -2.04. The number of thiophene rings is 2. The Hall–Kier alpha value is -4.40. The molecule has 0 saturated heterocycles. The lowest BCUT2D eigenvalue weighted by Crippen LogP contribution is -1.82. The number of hydrogen-bond acceptors (Lipinski definition) is 8. The average Bonchev–Trinajstić information content (AvgIpc) is 3.72. The Labute approximate surface area is 211 Å². The molecule has 8 aromatic rings. The molecule has 8 heteroatoms. The molecule has 0 unspecified atom stereocenters. The first-order chi connectivity index (χ1) is 17.8. The number of aromatic nitrogens is 4. The quantitative estimate of drug-likeness (QED) is 0.242. The molecule has 0 spiro atoms. The van der Waals surface area contributed by atoms with Gasteiger partial charge in [-0.3, -0.25) is 9.97 Å². The largest absolute Gasteiger partial charge is 0.451 e. The predicted octanol–water partition coefficient (Wildman–Crippen LogP) is 8.19. The lowest BCUT2D eigenvalue weighted by atomic mass is 10.0. The molecule has 0 fully saturated rings. The van der Waals surface area contributed by atoms with Gasteiger partial charge >= 0.3 is 0 Å². The number of hydrogen-bond donors (Lipinski definition) is 0. The SMILES string of the molecule is c1cc(-c2ccc3sc4c(-c5cocn5)ccnc4c3c2)c2sc3ccc(-c4cocn4)cc3c2n1. The second kappa shape index (κ2) is 7.55. The third kappa shape index (κ3) is 2.89. The summed E-state index contributed by atoms with van der Waals surface area (Å²) >= 11 is 3.49. The van der Waals surface area contributed by atoms with Crippen LogP contribution in [0.1, 0.15) is 0 Å². The van der Waals surface area contributed by atoms with Crippen LogP contribution in [-0.2, 0) is 0 Å². The third-order valence-corrected chi connectivity index (χ3v) is 8.84. The molecule has 0 N–H and O–H groups in total. The highest BCUT2D eigenvalue weighted by Gasteiger charge is 2.16. The van der Waals surface area contributed by atoms with Crippen LogP contribution in [0.5, 0.6) is 0 Å². The summed E-state index contributed by atoms with van der Waals surface area (Å²) in [5, 5.41) is 2.26. The first kappa shape index (κ1) is 19.9.